The molecule has 0 saturated heterocycles. The van der Waals surface area contributed by atoms with Gasteiger partial charge in [0.15, 0.2) is 33.7 Å². The van der Waals surface area contributed by atoms with Gasteiger partial charge in [0.25, 0.3) is 0 Å². The van der Waals surface area contributed by atoms with Crippen LogP contribution in [0.15, 0.2) is 35.2 Å². The standard InChI is InChI=1S/C21H22F5NO5S/c1-20(2,3)21(19(28)29,11-32-10-12-8-6-5-7-9-12)27(4)33(30,31)18-16(25)14(23)13(22)15(24)17(18)26/h5-9H,10-11H2,1-4H3,(H,28,29)/t21-/m1/s1. The topological polar surface area (TPSA) is 83.9 Å². The average molecular weight is 495 g/mol. The molecule has 12 heteroatoms. The fourth-order valence-electron chi connectivity index (χ4n) is 3.34. The van der Waals surface area contributed by atoms with E-state index in [0.717, 1.165) is 0 Å². The molecule has 6 nitrogen and oxygen atoms in total. The van der Waals surface area contributed by atoms with E-state index in [1.807, 2.05) is 0 Å². The number of ether oxygens (including phenoxy) is 1. The van der Waals surface area contributed by atoms with Gasteiger partial charge in [-0.2, -0.15) is 4.31 Å². The lowest BCUT2D eigenvalue weighted by molar-refractivity contribution is -0.160. The van der Waals surface area contributed by atoms with Crippen LogP contribution in [0.4, 0.5) is 22.0 Å². The number of sulfonamides is 1. The Morgan fingerprint density at radius 2 is 1.39 bits per heavy atom. The molecule has 0 saturated carbocycles. The zero-order valence-electron chi connectivity index (χ0n) is 18.1. The SMILES string of the molecule is CN([C@](COCc1ccccc1)(C(=O)O)C(C)(C)C)S(=O)(=O)c1c(F)c(F)c(F)c(F)c1F. The van der Waals surface area contributed by atoms with Crippen LogP contribution in [0.5, 0.6) is 0 Å². The van der Waals surface area contributed by atoms with Crippen LogP contribution < -0.4 is 0 Å². The monoisotopic (exact) mass is 495 g/mol. The molecule has 1 atom stereocenters. The molecule has 0 fully saturated rings. The number of carboxylic acids is 1. The van der Waals surface area contributed by atoms with Gasteiger partial charge in [0.2, 0.25) is 15.8 Å². The summed E-state index contributed by atoms with van der Waals surface area (Å²) >= 11 is 0. The fraction of sp³-hybridized carbons (Fsp3) is 0.381. The van der Waals surface area contributed by atoms with E-state index < -0.39 is 67.5 Å². The third kappa shape index (κ3) is 4.59. The summed E-state index contributed by atoms with van der Waals surface area (Å²) < 4.78 is 101. The summed E-state index contributed by atoms with van der Waals surface area (Å²) in [6.07, 6.45) is 0. The molecular formula is C21H22F5NO5S. The first kappa shape index (κ1) is 26.7. The zero-order chi connectivity index (χ0) is 25.4. The highest BCUT2D eigenvalue weighted by atomic mass is 32.2. The molecule has 0 radical (unpaired) electrons. The van der Waals surface area contributed by atoms with Crippen molar-refractivity contribution in [3.05, 3.63) is 65.0 Å². The minimum atomic E-state index is -5.57. The van der Waals surface area contributed by atoms with Crippen molar-refractivity contribution in [2.45, 2.75) is 37.8 Å². The molecule has 1 N–H and O–H groups in total. The Kier molecular flexibility index (Phi) is 7.56. The van der Waals surface area contributed by atoms with Crippen LogP contribution >= 0.6 is 0 Å². The van der Waals surface area contributed by atoms with Crippen molar-refractivity contribution in [2.75, 3.05) is 13.7 Å². The minimum Gasteiger partial charge on any atom is -0.480 e. The molecule has 0 aliphatic carbocycles. The quantitative estimate of drug-likeness (QED) is 0.339. The number of nitrogens with zero attached hydrogens (tertiary/aromatic N) is 1. The maximum Gasteiger partial charge on any atom is 0.328 e. The van der Waals surface area contributed by atoms with Crippen LogP contribution in [0.25, 0.3) is 0 Å². The molecule has 2 aromatic rings. The van der Waals surface area contributed by atoms with Gasteiger partial charge >= 0.3 is 5.97 Å². The van der Waals surface area contributed by atoms with Crippen LogP contribution in [0.3, 0.4) is 0 Å². The molecule has 0 bridgehead atoms. The van der Waals surface area contributed by atoms with Gasteiger partial charge in [0.05, 0.1) is 13.2 Å². The molecule has 0 spiro atoms. The molecule has 0 aliphatic rings. The molecular weight excluding hydrogens is 473 g/mol. The highest BCUT2D eigenvalue weighted by Crippen LogP contribution is 2.40. The van der Waals surface area contributed by atoms with Crippen molar-refractivity contribution in [1.82, 2.24) is 4.31 Å². The molecule has 2 aromatic carbocycles. The van der Waals surface area contributed by atoms with E-state index in [4.69, 9.17) is 4.74 Å². The second-order valence-electron chi connectivity index (χ2n) is 8.27. The van der Waals surface area contributed by atoms with Crippen molar-refractivity contribution in [2.24, 2.45) is 5.41 Å². The summed E-state index contributed by atoms with van der Waals surface area (Å²) in [5.41, 5.74) is -3.35. The Morgan fingerprint density at radius 1 is 0.939 bits per heavy atom. The lowest BCUT2D eigenvalue weighted by Gasteiger charge is -2.46. The van der Waals surface area contributed by atoms with Crippen molar-refractivity contribution >= 4 is 16.0 Å². The predicted octanol–water partition coefficient (Wildman–Crippen LogP) is 4.09. The predicted molar refractivity (Wildman–Crippen MR) is 107 cm³/mol. The van der Waals surface area contributed by atoms with E-state index in [0.29, 0.717) is 12.6 Å². The number of carbonyl (C=O) groups is 1. The molecule has 182 valence electrons. The third-order valence-electron chi connectivity index (χ3n) is 5.34. The summed E-state index contributed by atoms with van der Waals surface area (Å²) in [5.74, 6) is -14.4. The highest BCUT2D eigenvalue weighted by Gasteiger charge is 2.57. The highest BCUT2D eigenvalue weighted by molar-refractivity contribution is 7.89. The van der Waals surface area contributed by atoms with Gasteiger partial charge in [-0.3, -0.25) is 4.79 Å². The van der Waals surface area contributed by atoms with Crippen molar-refractivity contribution in [3.8, 4) is 0 Å². The number of likely N-dealkylation sites (N-methyl/N-ethyl adjacent to an activating group) is 1. The lowest BCUT2D eigenvalue weighted by Crippen LogP contribution is -2.65. The number of benzene rings is 2. The molecule has 0 amide bonds. The van der Waals surface area contributed by atoms with E-state index in [9.17, 15) is 40.3 Å². The van der Waals surface area contributed by atoms with Gasteiger partial charge in [-0.15, -0.1) is 0 Å². The second kappa shape index (κ2) is 9.35. The first-order valence-electron chi connectivity index (χ1n) is 9.46. The van der Waals surface area contributed by atoms with E-state index in [1.165, 1.54) is 20.8 Å². The van der Waals surface area contributed by atoms with Gasteiger partial charge in [0, 0.05) is 7.05 Å². The number of aliphatic carboxylic acids is 1. The van der Waals surface area contributed by atoms with Gasteiger partial charge in [-0.25, -0.2) is 30.4 Å². The van der Waals surface area contributed by atoms with Crippen LogP contribution in [0.1, 0.15) is 26.3 Å². The number of rotatable bonds is 8. The smallest absolute Gasteiger partial charge is 0.328 e. The van der Waals surface area contributed by atoms with Gasteiger partial charge in [0.1, 0.15) is 0 Å². The van der Waals surface area contributed by atoms with E-state index >= 15 is 0 Å². The van der Waals surface area contributed by atoms with Crippen LogP contribution in [-0.2, 0) is 26.2 Å². The summed E-state index contributed by atoms with van der Waals surface area (Å²) in [7, 11) is -4.89. The van der Waals surface area contributed by atoms with E-state index in [-0.39, 0.29) is 10.9 Å². The summed E-state index contributed by atoms with van der Waals surface area (Å²) in [5, 5.41) is 10.0. The normalized spacial score (nSPS) is 14.4. The van der Waals surface area contributed by atoms with Crippen LogP contribution in [0, 0.1) is 34.5 Å². The van der Waals surface area contributed by atoms with Crippen molar-refractivity contribution in [1.29, 1.82) is 0 Å². The van der Waals surface area contributed by atoms with Gasteiger partial charge in [-0.1, -0.05) is 51.1 Å². The van der Waals surface area contributed by atoms with E-state index in [2.05, 4.69) is 0 Å². The summed E-state index contributed by atoms with van der Waals surface area (Å²) in [6, 6.07) is 8.42. The fourth-order valence-corrected chi connectivity index (χ4v) is 5.06. The Bertz CT molecular complexity index is 1120. The minimum absolute atomic E-state index is 0.0750. The Hall–Kier alpha value is -2.57. The molecule has 0 unspecified atom stereocenters. The third-order valence-corrected chi connectivity index (χ3v) is 7.25. The number of hydrogen-bond acceptors (Lipinski definition) is 4. The largest absolute Gasteiger partial charge is 0.480 e. The first-order valence-corrected chi connectivity index (χ1v) is 10.9. The van der Waals surface area contributed by atoms with Gasteiger partial charge in [-0.05, 0) is 11.0 Å². The second-order valence-corrected chi connectivity index (χ2v) is 10.2. The number of halogens is 5. The van der Waals surface area contributed by atoms with Crippen LogP contribution in [-0.4, -0.2) is 43.0 Å². The van der Waals surface area contributed by atoms with E-state index in [1.54, 1.807) is 30.3 Å². The molecule has 2 rings (SSSR count). The molecule has 33 heavy (non-hydrogen) atoms. The maximum atomic E-state index is 14.3. The molecule has 0 aromatic heterocycles. The zero-order valence-corrected chi connectivity index (χ0v) is 18.9. The van der Waals surface area contributed by atoms with Crippen molar-refractivity contribution in [3.63, 3.8) is 0 Å². The average Bonchev–Trinajstić information content (AvgIpc) is 2.73. The number of carboxylic acid groups (broad SMARTS) is 1. The van der Waals surface area contributed by atoms with Crippen molar-refractivity contribution < 1.29 is 45.0 Å². The van der Waals surface area contributed by atoms with Gasteiger partial charge < -0.3 is 9.84 Å². The molecule has 0 heterocycles. The Labute approximate surface area is 187 Å². The van der Waals surface area contributed by atoms with Crippen LogP contribution in [0.2, 0.25) is 0 Å². The number of hydrogen-bond donors (Lipinski definition) is 1. The summed E-state index contributed by atoms with van der Waals surface area (Å²) in [4.78, 5) is 10.3. The maximum absolute atomic E-state index is 14.3. The summed E-state index contributed by atoms with van der Waals surface area (Å²) in [6.45, 7) is 3.06. The Morgan fingerprint density at radius 3 is 1.82 bits per heavy atom. The Balaban J connectivity index is 2.63. The lowest BCUT2D eigenvalue weighted by atomic mass is 9.74. The first-order chi connectivity index (χ1) is 15.1. The molecule has 0 aliphatic heterocycles.